The van der Waals surface area contributed by atoms with Gasteiger partial charge in [-0.1, -0.05) is 31.2 Å². The molecule has 100 valence electrons. The lowest BCUT2D eigenvalue weighted by atomic mass is 9.86. The molecule has 0 aliphatic carbocycles. The van der Waals surface area contributed by atoms with Crippen molar-refractivity contribution in [3.05, 3.63) is 35.4 Å². The summed E-state index contributed by atoms with van der Waals surface area (Å²) in [5.74, 6) is 1.27. The minimum absolute atomic E-state index is 0.267. The molecule has 1 aromatic carbocycles. The second-order valence-electron chi connectivity index (χ2n) is 5.24. The molecule has 0 radical (unpaired) electrons. The number of benzene rings is 1. The van der Waals surface area contributed by atoms with Gasteiger partial charge in [0.15, 0.2) is 9.84 Å². The summed E-state index contributed by atoms with van der Waals surface area (Å²) in [6, 6.07) is 8.38. The first-order valence-corrected chi connectivity index (χ1v) is 8.33. The van der Waals surface area contributed by atoms with Crippen molar-refractivity contribution in [2.75, 3.05) is 18.1 Å². The minimum Gasteiger partial charge on any atom is -0.330 e. The number of hydrogen-bond acceptors (Lipinski definition) is 3. The predicted molar refractivity (Wildman–Crippen MR) is 74.4 cm³/mol. The third-order valence-electron chi connectivity index (χ3n) is 3.88. The van der Waals surface area contributed by atoms with Gasteiger partial charge in [-0.2, -0.15) is 0 Å². The maximum absolute atomic E-state index is 11.5. The first-order valence-electron chi connectivity index (χ1n) is 6.51. The lowest BCUT2D eigenvalue weighted by Crippen LogP contribution is -2.12. The smallest absolute Gasteiger partial charge is 0.150 e. The summed E-state index contributed by atoms with van der Waals surface area (Å²) in [5, 5.41) is 0. The SMILES string of the molecule is CC(c1cccc(CCN)c1)C1CCS(=O)(=O)C1. The van der Waals surface area contributed by atoms with Crippen LogP contribution in [0.4, 0.5) is 0 Å². The molecule has 18 heavy (non-hydrogen) atoms. The third kappa shape index (κ3) is 3.12. The van der Waals surface area contributed by atoms with Crippen molar-refractivity contribution in [2.45, 2.75) is 25.7 Å². The standard InChI is InChI=1S/C14H21NO2S/c1-11(14-6-8-18(16,17)10-14)13-4-2-3-12(9-13)5-7-15/h2-4,9,11,14H,5-8,10,15H2,1H3. The average molecular weight is 267 g/mol. The van der Waals surface area contributed by atoms with Crippen molar-refractivity contribution < 1.29 is 8.42 Å². The van der Waals surface area contributed by atoms with Gasteiger partial charge >= 0.3 is 0 Å². The third-order valence-corrected chi connectivity index (χ3v) is 5.68. The van der Waals surface area contributed by atoms with Gasteiger partial charge in [0.1, 0.15) is 0 Å². The zero-order valence-corrected chi connectivity index (χ0v) is 11.6. The molecule has 2 unspecified atom stereocenters. The Bertz CT molecular complexity index is 510. The van der Waals surface area contributed by atoms with Gasteiger partial charge in [0, 0.05) is 0 Å². The largest absolute Gasteiger partial charge is 0.330 e. The highest BCUT2D eigenvalue weighted by Gasteiger charge is 2.32. The van der Waals surface area contributed by atoms with Crippen molar-refractivity contribution in [3.63, 3.8) is 0 Å². The summed E-state index contributed by atoms with van der Waals surface area (Å²) in [5.41, 5.74) is 8.04. The van der Waals surface area contributed by atoms with Crippen LogP contribution in [-0.2, 0) is 16.3 Å². The molecule has 2 atom stereocenters. The molecule has 1 fully saturated rings. The summed E-state index contributed by atoms with van der Waals surface area (Å²) in [4.78, 5) is 0. The summed E-state index contributed by atoms with van der Waals surface area (Å²) in [7, 11) is -2.79. The van der Waals surface area contributed by atoms with Crippen molar-refractivity contribution in [3.8, 4) is 0 Å². The molecule has 1 aliphatic rings. The van der Waals surface area contributed by atoms with Crippen LogP contribution in [0, 0.1) is 5.92 Å². The summed E-state index contributed by atoms with van der Waals surface area (Å²) < 4.78 is 23.1. The van der Waals surface area contributed by atoms with E-state index in [-0.39, 0.29) is 5.92 Å². The fraction of sp³-hybridized carbons (Fsp3) is 0.571. The van der Waals surface area contributed by atoms with Crippen LogP contribution in [0.15, 0.2) is 24.3 Å². The number of hydrogen-bond donors (Lipinski definition) is 1. The van der Waals surface area contributed by atoms with Gasteiger partial charge < -0.3 is 5.73 Å². The Kier molecular flexibility index (Phi) is 4.07. The molecule has 0 bridgehead atoms. The molecule has 0 spiro atoms. The van der Waals surface area contributed by atoms with E-state index in [9.17, 15) is 8.42 Å². The average Bonchev–Trinajstić information content (AvgIpc) is 2.70. The van der Waals surface area contributed by atoms with Crippen LogP contribution in [0.2, 0.25) is 0 Å². The first-order chi connectivity index (χ1) is 8.52. The molecule has 0 amide bonds. The van der Waals surface area contributed by atoms with Crippen molar-refractivity contribution in [1.82, 2.24) is 0 Å². The summed E-state index contributed by atoms with van der Waals surface area (Å²) in [6.45, 7) is 2.78. The highest BCUT2D eigenvalue weighted by atomic mass is 32.2. The Morgan fingerprint density at radius 2 is 2.22 bits per heavy atom. The predicted octanol–water partition coefficient (Wildman–Crippen LogP) is 1.73. The molecule has 1 aliphatic heterocycles. The van der Waals surface area contributed by atoms with Gasteiger partial charge in [-0.3, -0.25) is 0 Å². The van der Waals surface area contributed by atoms with Crippen LogP contribution < -0.4 is 5.73 Å². The first kappa shape index (κ1) is 13.6. The molecule has 2 N–H and O–H groups in total. The minimum atomic E-state index is -2.79. The van der Waals surface area contributed by atoms with Gasteiger partial charge in [-0.15, -0.1) is 0 Å². The quantitative estimate of drug-likeness (QED) is 0.903. The second kappa shape index (κ2) is 5.41. The number of nitrogens with two attached hydrogens (primary N) is 1. The maximum Gasteiger partial charge on any atom is 0.150 e. The molecule has 1 aromatic rings. The van der Waals surface area contributed by atoms with E-state index in [2.05, 4.69) is 25.1 Å². The Morgan fingerprint density at radius 3 is 2.83 bits per heavy atom. The van der Waals surface area contributed by atoms with E-state index in [1.165, 1.54) is 11.1 Å². The number of rotatable bonds is 4. The molecule has 0 saturated carbocycles. The zero-order chi connectivity index (χ0) is 13.2. The van der Waals surface area contributed by atoms with Crippen molar-refractivity contribution >= 4 is 9.84 Å². The van der Waals surface area contributed by atoms with Gasteiger partial charge in [-0.25, -0.2) is 8.42 Å². The van der Waals surface area contributed by atoms with Gasteiger partial charge in [0.05, 0.1) is 11.5 Å². The van der Waals surface area contributed by atoms with Gasteiger partial charge in [-0.05, 0) is 42.3 Å². The summed E-state index contributed by atoms with van der Waals surface area (Å²) >= 11 is 0. The second-order valence-corrected chi connectivity index (χ2v) is 7.46. The van der Waals surface area contributed by atoms with E-state index < -0.39 is 9.84 Å². The zero-order valence-electron chi connectivity index (χ0n) is 10.8. The monoisotopic (exact) mass is 267 g/mol. The Balaban J connectivity index is 2.13. The molecule has 4 heteroatoms. The lowest BCUT2D eigenvalue weighted by molar-refractivity contribution is 0.497. The van der Waals surface area contributed by atoms with E-state index in [0.29, 0.717) is 24.0 Å². The fourth-order valence-electron chi connectivity index (χ4n) is 2.69. The van der Waals surface area contributed by atoms with Gasteiger partial charge in [0.25, 0.3) is 0 Å². The Morgan fingerprint density at radius 1 is 1.44 bits per heavy atom. The lowest BCUT2D eigenvalue weighted by Gasteiger charge is -2.19. The molecule has 3 nitrogen and oxygen atoms in total. The van der Waals surface area contributed by atoms with E-state index in [4.69, 9.17) is 5.73 Å². The van der Waals surface area contributed by atoms with Crippen molar-refractivity contribution in [1.29, 1.82) is 0 Å². The Labute approximate surface area is 109 Å². The topological polar surface area (TPSA) is 60.2 Å². The fourth-order valence-corrected chi connectivity index (χ4v) is 4.62. The molecule has 0 aromatic heterocycles. The highest BCUT2D eigenvalue weighted by Crippen LogP contribution is 2.33. The van der Waals surface area contributed by atoms with Crippen LogP contribution >= 0.6 is 0 Å². The summed E-state index contributed by atoms with van der Waals surface area (Å²) in [6.07, 6.45) is 1.67. The molecular weight excluding hydrogens is 246 g/mol. The number of sulfone groups is 1. The van der Waals surface area contributed by atoms with Crippen LogP contribution in [-0.4, -0.2) is 26.5 Å². The van der Waals surface area contributed by atoms with Crippen LogP contribution in [0.3, 0.4) is 0 Å². The van der Waals surface area contributed by atoms with Crippen LogP contribution in [0.5, 0.6) is 0 Å². The van der Waals surface area contributed by atoms with E-state index in [0.717, 1.165) is 12.8 Å². The van der Waals surface area contributed by atoms with Crippen molar-refractivity contribution in [2.24, 2.45) is 11.7 Å². The Hall–Kier alpha value is -0.870. The van der Waals surface area contributed by atoms with Gasteiger partial charge in [0.2, 0.25) is 0 Å². The van der Waals surface area contributed by atoms with Crippen LogP contribution in [0.25, 0.3) is 0 Å². The molecule has 1 saturated heterocycles. The maximum atomic E-state index is 11.5. The van der Waals surface area contributed by atoms with E-state index in [1.807, 2.05) is 6.07 Å². The molecular formula is C14H21NO2S. The molecule has 1 heterocycles. The molecule has 2 rings (SSSR count). The van der Waals surface area contributed by atoms with E-state index >= 15 is 0 Å². The van der Waals surface area contributed by atoms with E-state index in [1.54, 1.807) is 0 Å². The normalized spacial score (nSPS) is 24.0. The van der Waals surface area contributed by atoms with Crippen LogP contribution in [0.1, 0.15) is 30.4 Å². The highest BCUT2D eigenvalue weighted by molar-refractivity contribution is 7.91.